The Balaban J connectivity index is 2.36. The van der Waals surface area contributed by atoms with Crippen molar-refractivity contribution in [3.05, 3.63) is 0 Å². The molecule has 1 rings (SSSR count). The molecule has 82 valence electrons. The summed E-state index contributed by atoms with van der Waals surface area (Å²) in [4.78, 5) is 6.46. The van der Waals surface area contributed by atoms with Crippen LogP contribution in [0.15, 0.2) is 4.99 Å². The van der Waals surface area contributed by atoms with Crippen LogP contribution in [0.5, 0.6) is 0 Å². The molecule has 0 aromatic rings. The zero-order valence-corrected chi connectivity index (χ0v) is 9.40. The Hall–Kier alpha value is -0.770. The van der Waals surface area contributed by atoms with Crippen LogP contribution in [0.3, 0.4) is 0 Å². The van der Waals surface area contributed by atoms with Crippen molar-refractivity contribution in [2.75, 3.05) is 19.6 Å². The zero-order chi connectivity index (χ0) is 10.7. The first kappa shape index (κ1) is 11.3. The average molecular weight is 198 g/mol. The maximum Gasteiger partial charge on any atom is 0.185 e. The average Bonchev–Trinajstić information content (AvgIpc) is 2.33. The van der Waals surface area contributed by atoms with E-state index in [9.17, 15) is 0 Å². The van der Waals surface area contributed by atoms with Crippen molar-refractivity contribution in [3.8, 4) is 0 Å². The number of guanidine groups is 1. The van der Waals surface area contributed by atoms with Gasteiger partial charge < -0.3 is 11.5 Å². The highest BCUT2D eigenvalue weighted by atomic mass is 15.2. The maximum atomic E-state index is 5.28. The summed E-state index contributed by atoms with van der Waals surface area (Å²) in [5.74, 6) is 1.75. The second-order valence-electron chi connectivity index (χ2n) is 4.38. The molecule has 1 aliphatic rings. The lowest BCUT2D eigenvalue weighted by Gasteiger charge is -2.21. The molecule has 0 aliphatic carbocycles. The Kier molecular flexibility index (Phi) is 3.75. The van der Waals surface area contributed by atoms with Crippen molar-refractivity contribution in [2.24, 2.45) is 28.3 Å². The number of nitrogens with zero attached hydrogens (tertiary/aromatic N) is 2. The topological polar surface area (TPSA) is 67.6 Å². The third-order valence-corrected chi connectivity index (χ3v) is 3.44. The normalized spacial score (nSPS) is 33.2. The van der Waals surface area contributed by atoms with E-state index >= 15 is 0 Å². The molecular formula is C10H22N4. The summed E-state index contributed by atoms with van der Waals surface area (Å²) in [5.41, 5.74) is 10.6. The molecular weight excluding hydrogens is 176 g/mol. The summed E-state index contributed by atoms with van der Waals surface area (Å²) in [7, 11) is 0. The zero-order valence-electron chi connectivity index (χ0n) is 9.40. The van der Waals surface area contributed by atoms with Gasteiger partial charge in [-0.2, -0.15) is 0 Å². The number of hydrogen-bond acceptors (Lipinski definition) is 2. The number of rotatable bonds is 3. The number of aliphatic imine (C=N–C) groups is 1. The molecule has 4 nitrogen and oxygen atoms in total. The lowest BCUT2D eigenvalue weighted by atomic mass is 9.95. The van der Waals surface area contributed by atoms with Crippen LogP contribution in [0, 0.1) is 11.8 Å². The smallest absolute Gasteiger partial charge is 0.185 e. The predicted molar refractivity (Wildman–Crippen MR) is 60.0 cm³/mol. The Morgan fingerprint density at radius 3 is 2.43 bits per heavy atom. The molecule has 1 saturated heterocycles. The molecule has 4 heteroatoms. The van der Waals surface area contributed by atoms with Crippen molar-refractivity contribution < 1.29 is 0 Å². The van der Waals surface area contributed by atoms with Gasteiger partial charge in [-0.3, -0.25) is 9.89 Å². The predicted octanol–water partition coefficient (Wildman–Crippen LogP) is 0.236. The lowest BCUT2D eigenvalue weighted by Crippen LogP contribution is -2.32. The highest BCUT2D eigenvalue weighted by molar-refractivity contribution is 5.75. The van der Waals surface area contributed by atoms with Crippen LogP contribution in [-0.2, 0) is 0 Å². The molecule has 1 heterocycles. The van der Waals surface area contributed by atoms with Crippen molar-refractivity contribution in [1.82, 2.24) is 4.90 Å². The Labute approximate surface area is 86.4 Å². The molecule has 0 aromatic carbocycles. The molecule has 3 unspecified atom stereocenters. The van der Waals surface area contributed by atoms with Crippen LogP contribution in [0.2, 0.25) is 0 Å². The summed E-state index contributed by atoms with van der Waals surface area (Å²) in [6.45, 7) is 9.75. The quantitative estimate of drug-likeness (QED) is 0.504. The minimum atomic E-state index is 0.193. The lowest BCUT2D eigenvalue weighted by molar-refractivity contribution is 0.254. The van der Waals surface area contributed by atoms with E-state index in [4.69, 9.17) is 11.5 Å². The summed E-state index contributed by atoms with van der Waals surface area (Å²) in [5, 5.41) is 0. The van der Waals surface area contributed by atoms with E-state index in [1.807, 2.05) is 0 Å². The van der Waals surface area contributed by atoms with Crippen LogP contribution in [0.4, 0.5) is 0 Å². The first-order valence-corrected chi connectivity index (χ1v) is 5.31. The Morgan fingerprint density at radius 1 is 1.36 bits per heavy atom. The standard InChI is InChI=1S/C10H22N4/c1-7-6-14(9(3)8(7)2)5-4-13-10(11)12/h7-9H,4-6H2,1-3H3,(H4,11,12,13). The van der Waals surface area contributed by atoms with Gasteiger partial charge in [0.2, 0.25) is 0 Å². The largest absolute Gasteiger partial charge is 0.370 e. The first-order chi connectivity index (χ1) is 6.52. The van der Waals surface area contributed by atoms with Gasteiger partial charge in [0.05, 0.1) is 6.54 Å². The van der Waals surface area contributed by atoms with Gasteiger partial charge in [-0.05, 0) is 18.8 Å². The van der Waals surface area contributed by atoms with Gasteiger partial charge in [-0.15, -0.1) is 0 Å². The van der Waals surface area contributed by atoms with E-state index in [0.29, 0.717) is 12.6 Å². The second kappa shape index (κ2) is 4.64. The molecule has 0 aromatic heterocycles. The Bertz CT molecular complexity index is 210. The van der Waals surface area contributed by atoms with Crippen LogP contribution in [0.25, 0.3) is 0 Å². The minimum Gasteiger partial charge on any atom is -0.370 e. The van der Waals surface area contributed by atoms with Crippen molar-refractivity contribution in [2.45, 2.75) is 26.8 Å². The van der Waals surface area contributed by atoms with E-state index in [1.165, 1.54) is 6.54 Å². The third-order valence-electron chi connectivity index (χ3n) is 3.44. The molecule has 3 atom stereocenters. The number of hydrogen-bond donors (Lipinski definition) is 2. The number of nitrogens with two attached hydrogens (primary N) is 2. The van der Waals surface area contributed by atoms with E-state index in [0.717, 1.165) is 18.4 Å². The SMILES string of the molecule is CC1CN(CCN=C(N)N)C(C)C1C. The Morgan fingerprint density at radius 2 is 2.00 bits per heavy atom. The molecule has 0 saturated carbocycles. The first-order valence-electron chi connectivity index (χ1n) is 5.31. The molecule has 0 amide bonds. The number of likely N-dealkylation sites (tertiary alicyclic amines) is 1. The highest BCUT2D eigenvalue weighted by Crippen LogP contribution is 2.28. The van der Waals surface area contributed by atoms with Crippen molar-refractivity contribution in [3.63, 3.8) is 0 Å². The molecule has 4 N–H and O–H groups in total. The van der Waals surface area contributed by atoms with Crippen LogP contribution in [-0.4, -0.2) is 36.5 Å². The van der Waals surface area contributed by atoms with E-state index in [2.05, 4.69) is 30.7 Å². The third kappa shape index (κ3) is 2.61. The van der Waals surface area contributed by atoms with E-state index in [-0.39, 0.29) is 5.96 Å². The van der Waals surface area contributed by atoms with Gasteiger partial charge in [-0.1, -0.05) is 13.8 Å². The van der Waals surface area contributed by atoms with Crippen LogP contribution >= 0.6 is 0 Å². The summed E-state index contributed by atoms with van der Waals surface area (Å²) in [6, 6.07) is 0.652. The summed E-state index contributed by atoms with van der Waals surface area (Å²) in [6.07, 6.45) is 0. The molecule has 0 bridgehead atoms. The fourth-order valence-corrected chi connectivity index (χ4v) is 2.11. The van der Waals surface area contributed by atoms with E-state index in [1.54, 1.807) is 0 Å². The molecule has 1 fully saturated rings. The van der Waals surface area contributed by atoms with E-state index < -0.39 is 0 Å². The second-order valence-corrected chi connectivity index (χ2v) is 4.38. The van der Waals surface area contributed by atoms with Gasteiger partial charge in [0, 0.05) is 19.1 Å². The van der Waals surface area contributed by atoms with Gasteiger partial charge in [0.25, 0.3) is 0 Å². The molecule has 0 spiro atoms. The van der Waals surface area contributed by atoms with Crippen LogP contribution < -0.4 is 11.5 Å². The summed E-state index contributed by atoms with van der Waals surface area (Å²) >= 11 is 0. The minimum absolute atomic E-state index is 0.193. The monoisotopic (exact) mass is 198 g/mol. The fourth-order valence-electron chi connectivity index (χ4n) is 2.11. The molecule has 1 aliphatic heterocycles. The van der Waals surface area contributed by atoms with Gasteiger partial charge in [0.1, 0.15) is 0 Å². The van der Waals surface area contributed by atoms with Gasteiger partial charge in [0.15, 0.2) is 5.96 Å². The van der Waals surface area contributed by atoms with Gasteiger partial charge in [-0.25, -0.2) is 0 Å². The van der Waals surface area contributed by atoms with Gasteiger partial charge >= 0.3 is 0 Å². The molecule has 14 heavy (non-hydrogen) atoms. The highest BCUT2D eigenvalue weighted by Gasteiger charge is 2.32. The maximum absolute atomic E-state index is 5.28. The van der Waals surface area contributed by atoms with Crippen molar-refractivity contribution in [1.29, 1.82) is 0 Å². The van der Waals surface area contributed by atoms with Crippen LogP contribution in [0.1, 0.15) is 20.8 Å². The molecule has 0 radical (unpaired) electrons. The summed E-state index contributed by atoms with van der Waals surface area (Å²) < 4.78 is 0. The fraction of sp³-hybridized carbons (Fsp3) is 0.900. The van der Waals surface area contributed by atoms with Crippen molar-refractivity contribution >= 4 is 5.96 Å².